The summed E-state index contributed by atoms with van der Waals surface area (Å²) < 4.78 is 9.03. The van der Waals surface area contributed by atoms with Crippen LogP contribution in [0, 0.1) is 0 Å². The summed E-state index contributed by atoms with van der Waals surface area (Å²) in [7, 11) is 1.26. The topological polar surface area (TPSA) is 72.8 Å². The molecule has 1 rings (SSSR count). The van der Waals surface area contributed by atoms with Gasteiger partial charge in [-0.2, -0.15) is 0 Å². The van der Waals surface area contributed by atoms with Crippen molar-refractivity contribution in [3.05, 3.63) is 0 Å². The van der Waals surface area contributed by atoms with Gasteiger partial charge in [0.2, 0.25) is 0 Å². The van der Waals surface area contributed by atoms with Crippen molar-refractivity contribution in [3.63, 3.8) is 0 Å². The molecule has 1 aliphatic heterocycles. The molecule has 0 spiro atoms. The highest BCUT2D eigenvalue weighted by atomic mass is 16.6. The van der Waals surface area contributed by atoms with Crippen molar-refractivity contribution in [1.29, 1.82) is 0 Å². The first-order valence-corrected chi connectivity index (χ1v) is 3.59. The Kier molecular flexibility index (Phi) is 2.65. The Bertz CT molecular complexity index is 200. The van der Waals surface area contributed by atoms with Crippen LogP contribution in [0.5, 0.6) is 0 Å². The van der Waals surface area contributed by atoms with E-state index in [4.69, 9.17) is 5.11 Å². The maximum Gasteiger partial charge on any atom is 0.335 e. The molecular weight excluding hydrogens is 164 g/mol. The monoisotopic (exact) mass is 174 g/mol. The lowest BCUT2D eigenvalue weighted by atomic mass is 10.1. The van der Waals surface area contributed by atoms with Gasteiger partial charge in [0.1, 0.15) is 6.10 Å². The predicted octanol–water partition coefficient (Wildman–Crippen LogP) is -0.774. The second kappa shape index (κ2) is 3.53. The highest BCUT2D eigenvalue weighted by Crippen LogP contribution is 2.17. The van der Waals surface area contributed by atoms with Gasteiger partial charge in [-0.05, 0) is 0 Å². The van der Waals surface area contributed by atoms with E-state index in [9.17, 15) is 9.59 Å². The minimum atomic E-state index is -1.08. The minimum Gasteiger partial charge on any atom is -0.469 e. The van der Waals surface area contributed by atoms with Gasteiger partial charge in [0.05, 0.1) is 13.5 Å². The lowest BCUT2D eigenvalue weighted by Crippen LogP contribution is -2.14. The van der Waals surface area contributed by atoms with Crippen molar-refractivity contribution >= 4 is 11.9 Å². The first kappa shape index (κ1) is 8.99. The molecule has 0 unspecified atom stereocenters. The molecule has 2 atom stereocenters. The third-order valence-electron chi connectivity index (χ3n) is 1.66. The first-order chi connectivity index (χ1) is 5.63. The van der Waals surface area contributed by atoms with E-state index in [1.165, 1.54) is 7.11 Å². The van der Waals surface area contributed by atoms with E-state index in [2.05, 4.69) is 9.47 Å². The van der Waals surface area contributed by atoms with Gasteiger partial charge >= 0.3 is 11.9 Å². The van der Waals surface area contributed by atoms with Crippen LogP contribution in [-0.4, -0.2) is 36.4 Å². The molecular formula is C7H10O5. The van der Waals surface area contributed by atoms with Gasteiger partial charge in [0, 0.05) is 6.42 Å². The zero-order valence-corrected chi connectivity index (χ0v) is 6.65. The van der Waals surface area contributed by atoms with Crippen LogP contribution in [-0.2, 0) is 19.1 Å². The van der Waals surface area contributed by atoms with Crippen molar-refractivity contribution in [2.24, 2.45) is 0 Å². The van der Waals surface area contributed by atoms with Gasteiger partial charge < -0.3 is 14.6 Å². The minimum absolute atomic E-state index is 0.0132. The van der Waals surface area contributed by atoms with Crippen molar-refractivity contribution in [2.45, 2.75) is 25.0 Å². The molecule has 0 radical (unpaired) electrons. The number of methoxy groups -OCH3 is 1. The Hall–Kier alpha value is -1.10. The summed E-state index contributed by atoms with van der Waals surface area (Å²) in [4.78, 5) is 21.3. The van der Waals surface area contributed by atoms with Gasteiger partial charge in [0.15, 0.2) is 6.10 Å². The van der Waals surface area contributed by atoms with Crippen LogP contribution in [0.15, 0.2) is 0 Å². The Labute approximate surface area is 69.3 Å². The van der Waals surface area contributed by atoms with E-state index >= 15 is 0 Å². The number of carbonyl (C=O) groups is 2. The van der Waals surface area contributed by atoms with Crippen LogP contribution in [0.3, 0.4) is 0 Å². The number of ether oxygens (including phenoxy) is 2. The number of rotatable bonds is 2. The molecule has 1 fully saturated rings. The second-order valence-corrected chi connectivity index (χ2v) is 2.59. The van der Waals surface area contributed by atoms with Gasteiger partial charge in [-0.1, -0.05) is 0 Å². The molecule has 5 nitrogen and oxygen atoms in total. The number of aliphatic hydroxyl groups excluding tert-OH is 1. The maximum absolute atomic E-state index is 10.7. The van der Waals surface area contributed by atoms with Crippen LogP contribution < -0.4 is 0 Å². The number of carbonyl (C=O) groups excluding carboxylic acids is 2. The molecule has 0 aromatic heterocycles. The van der Waals surface area contributed by atoms with Crippen LogP contribution >= 0.6 is 0 Å². The molecule has 1 N–H and O–H groups in total. The third-order valence-corrected chi connectivity index (χ3v) is 1.66. The summed E-state index contributed by atoms with van der Waals surface area (Å²) in [6.07, 6.45) is -1.42. The fourth-order valence-electron chi connectivity index (χ4n) is 1.03. The van der Waals surface area contributed by atoms with E-state index in [-0.39, 0.29) is 12.8 Å². The van der Waals surface area contributed by atoms with E-state index in [1.807, 2.05) is 0 Å². The standard InChI is InChI=1S/C7H10O5/c1-11-6(9)3-4-2-5(8)7(10)12-4/h4-5,8H,2-3H2,1H3/t4-,5-/m1/s1. The molecule has 1 heterocycles. The molecule has 0 saturated carbocycles. The fourth-order valence-corrected chi connectivity index (χ4v) is 1.03. The van der Waals surface area contributed by atoms with Gasteiger partial charge in [0.25, 0.3) is 0 Å². The Morgan fingerprint density at radius 1 is 1.83 bits per heavy atom. The highest BCUT2D eigenvalue weighted by molar-refractivity contribution is 5.78. The summed E-state index contributed by atoms with van der Waals surface area (Å²) in [5.74, 6) is -1.11. The predicted molar refractivity (Wildman–Crippen MR) is 37.1 cm³/mol. The fraction of sp³-hybridized carbons (Fsp3) is 0.714. The summed E-state index contributed by atoms with van der Waals surface area (Å²) in [6.45, 7) is 0. The third kappa shape index (κ3) is 1.94. The number of hydrogen-bond acceptors (Lipinski definition) is 5. The Morgan fingerprint density at radius 3 is 2.92 bits per heavy atom. The average Bonchev–Trinajstić information content (AvgIpc) is 2.31. The van der Waals surface area contributed by atoms with E-state index < -0.39 is 24.1 Å². The van der Waals surface area contributed by atoms with E-state index in [0.717, 1.165) is 0 Å². The zero-order chi connectivity index (χ0) is 9.14. The number of aliphatic hydroxyl groups is 1. The summed E-state index contributed by atoms with van der Waals surface area (Å²) >= 11 is 0. The molecule has 0 aromatic rings. The molecule has 1 aliphatic rings. The van der Waals surface area contributed by atoms with Gasteiger partial charge in [-0.25, -0.2) is 4.79 Å². The summed E-state index contributed by atoms with van der Waals surface area (Å²) in [6, 6.07) is 0. The lowest BCUT2D eigenvalue weighted by Gasteiger charge is -2.05. The summed E-state index contributed by atoms with van der Waals surface area (Å²) in [5, 5.41) is 8.93. The van der Waals surface area contributed by atoms with Crippen molar-refractivity contribution in [3.8, 4) is 0 Å². The molecule has 0 aromatic carbocycles. The van der Waals surface area contributed by atoms with Gasteiger partial charge in [-0.3, -0.25) is 4.79 Å². The van der Waals surface area contributed by atoms with Crippen molar-refractivity contribution in [1.82, 2.24) is 0 Å². The molecule has 0 bridgehead atoms. The molecule has 12 heavy (non-hydrogen) atoms. The van der Waals surface area contributed by atoms with E-state index in [0.29, 0.717) is 0 Å². The van der Waals surface area contributed by atoms with Crippen LogP contribution in [0.1, 0.15) is 12.8 Å². The first-order valence-electron chi connectivity index (χ1n) is 3.59. The largest absolute Gasteiger partial charge is 0.469 e. The van der Waals surface area contributed by atoms with E-state index in [1.54, 1.807) is 0 Å². The molecule has 0 aliphatic carbocycles. The molecule has 68 valence electrons. The number of cyclic esters (lactones) is 1. The van der Waals surface area contributed by atoms with Crippen molar-refractivity contribution in [2.75, 3.05) is 7.11 Å². The Morgan fingerprint density at radius 2 is 2.50 bits per heavy atom. The maximum atomic E-state index is 10.7. The molecule has 1 saturated heterocycles. The quantitative estimate of drug-likeness (QED) is 0.556. The molecule has 0 amide bonds. The van der Waals surface area contributed by atoms with Crippen LogP contribution in [0.2, 0.25) is 0 Å². The van der Waals surface area contributed by atoms with Gasteiger partial charge in [-0.15, -0.1) is 0 Å². The molecule has 5 heteroatoms. The van der Waals surface area contributed by atoms with Crippen LogP contribution in [0.4, 0.5) is 0 Å². The smallest absolute Gasteiger partial charge is 0.335 e. The summed E-state index contributed by atoms with van der Waals surface area (Å²) in [5.41, 5.74) is 0. The number of hydrogen-bond donors (Lipinski definition) is 1. The lowest BCUT2D eigenvalue weighted by molar-refractivity contribution is -0.150. The highest BCUT2D eigenvalue weighted by Gasteiger charge is 2.34. The SMILES string of the molecule is COC(=O)C[C@H]1C[C@@H](O)C(=O)O1. The number of esters is 2. The van der Waals surface area contributed by atoms with Crippen LogP contribution in [0.25, 0.3) is 0 Å². The average molecular weight is 174 g/mol. The normalized spacial score (nSPS) is 28.3. The Balaban J connectivity index is 2.37. The second-order valence-electron chi connectivity index (χ2n) is 2.59. The van der Waals surface area contributed by atoms with Crippen molar-refractivity contribution < 1.29 is 24.2 Å². The zero-order valence-electron chi connectivity index (χ0n) is 6.65.